The minimum atomic E-state index is -0.122. The predicted octanol–water partition coefficient (Wildman–Crippen LogP) is 0.179. The Morgan fingerprint density at radius 2 is 2.43 bits per heavy atom. The van der Waals surface area contributed by atoms with Crippen LogP contribution in [0.3, 0.4) is 0 Å². The van der Waals surface area contributed by atoms with E-state index in [-0.39, 0.29) is 12.3 Å². The molecule has 0 atom stereocenters. The van der Waals surface area contributed by atoms with Gasteiger partial charge in [0.2, 0.25) is 5.78 Å². The minimum absolute atomic E-state index is 0.0104. The summed E-state index contributed by atoms with van der Waals surface area (Å²) in [6.07, 6.45) is 3.39. The largest absolute Gasteiger partial charge is 0.324 e. The lowest BCUT2D eigenvalue weighted by atomic mass is 10.2. The van der Waals surface area contributed by atoms with Crippen LogP contribution in [-0.4, -0.2) is 26.7 Å². The Labute approximate surface area is 80.6 Å². The van der Waals surface area contributed by atoms with E-state index in [0.29, 0.717) is 17.2 Å². The second-order valence-corrected chi connectivity index (χ2v) is 2.96. The fourth-order valence-corrected chi connectivity index (χ4v) is 1.43. The molecule has 2 heterocycles. The molecule has 0 saturated heterocycles. The SMILES string of the molecule is Cc1nc2ncccn2c1C(=O)CN. The molecule has 0 aromatic carbocycles. The Morgan fingerprint density at radius 1 is 1.64 bits per heavy atom. The first-order valence-corrected chi connectivity index (χ1v) is 4.27. The van der Waals surface area contributed by atoms with Crippen molar-refractivity contribution in [3.05, 3.63) is 29.8 Å². The predicted molar refractivity (Wildman–Crippen MR) is 51.1 cm³/mol. The molecule has 14 heavy (non-hydrogen) atoms. The van der Waals surface area contributed by atoms with E-state index in [1.165, 1.54) is 0 Å². The number of imidazole rings is 1. The summed E-state index contributed by atoms with van der Waals surface area (Å²) in [5.74, 6) is 0.407. The number of aromatic nitrogens is 3. The van der Waals surface area contributed by atoms with Crippen LogP contribution in [0.15, 0.2) is 18.5 Å². The Morgan fingerprint density at radius 3 is 3.14 bits per heavy atom. The van der Waals surface area contributed by atoms with Crippen LogP contribution in [0.4, 0.5) is 0 Å². The highest BCUT2D eigenvalue weighted by Crippen LogP contribution is 2.09. The third-order valence-electron chi connectivity index (χ3n) is 2.03. The summed E-state index contributed by atoms with van der Waals surface area (Å²) in [4.78, 5) is 19.7. The molecule has 0 fully saturated rings. The number of carbonyl (C=O) groups is 1. The van der Waals surface area contributed by atoms with Gasteiger partial charge in [-0.05, 0) is 13.0 Å². The summed E-state index contributed by atoms with van der Waals surface area (Å²) < 4.78 is 1.66. The van der Waals surface area contributed by atoms with Gasteiger partial charge in [0.15, 0.2) is 5.78 Å². The summed E-state index contributed by atoms with van der Waals surface area (Å²) in [6.45, 7) is 1.76. The first-order chi connectivity index (χ1) is 6.74. The van der Waals surface area contributed by atoms with Gasteiger partial charge in [-0.3, -0.25) is 9.20 Å². The number of nitrogens with zero attached hydrogens (tertiary/aromatic N) is 3. The maximum Gasteiger partial charge on any atom is 0.234 e. The van der Waals surface area contributed by atoms with Crippen molar-refractivity contribution in [2.75, 3.05) is 6.54 Å². The fourth-order valence-electron chi connectivity index (χ4n) is 1.43. The molecule has 5 nitrogen and oxygen atoms in total. The third kappa shape index (κ3) is 1.18. The second-order valence-electron chi connectivity index (χ2n) is 2.96. The van der Waals surface area contributed by atoms with Gasteiger partial charge >= 0.3 is 0 Å². The number of rotatable bonds is 2. The molecule has 0 aliphatic heterocycles. The zero-order chi connectivity index (χ0) is 10.1. The molecule has 0 spiro atoms. The lowest BCUT2D eigenvalue weighted by molar-refractivity contribution is 0.0995. The summed E-state index contributed by atoms with van der Waals surface area (Å²) >= 11 is 0. The van der Waals surface area contributed by atoms with Gasteiger partial charge in [-0.15, -0.1) is 0 Å². The number of nitrogens with two attached hydrogens (primary N) is 1. The van der Waals surface area contributed by atoms with Gasteiger partial charge in [-0.1, -0.05) is 0 Å². The third-order valence-corrected chi connectivity index (χ3v) is 2.03. The highest BCUT2D eigenvalue weighted by molar-refractivity contribution is 5.97. The molecule has 2 aromatic heterocycles. The first kappa shape index (κ1) is 8.83. The van der Waals surface area contributed by atoms with Gasteiger partial charge in [0.1, 0.15) is 5.69 Å². The average Bonchev–Trinajstić information content (AvgIpc) is 2.53. The topological polar surface area (TPSA) is 73.3 Å². The number of carbonyl (C=O) groups excluding carboxylic acids is 1. The number of fused-ring (bicyclic) bond motifs is 1. The van der Waals surface area contributed by atoms with Gasteiger partial charge in [-0.2, -0.15) is 0 Å². The van der Waals surface area contributed by atoms with E-state index in [9.17, 15) is 4.79 Å². The molecule has 5 heteroatoms. The Bertz CT molecular complexity index is 489. The molecular weight excluding hydrogens is 180 g/mol. The van der Waals surface area contributed by atoms with Crippen LogP contribution in [0, 0.1) is 6.92 Å². The summed E-state index contributed by atoms with van der Waals surface area (Å²) in [6, 6.07) is 1.75. The summed E-state index contributed by atoms with van der Waals surface area (Å²) in [5.41, 5.74) is 6.50. The number of aryl methyl sites for hydroxylation is 1. The lowest BCUT2D eigenvalue weighted by Gasteiger charge is -1.98. The van der Waals surface area contributed by atoms with E-state index in [4.69, 9.17) is 5.73 Å². The molecule has 2 aromatic rings. The smallest absolute Gasteiger partial charge is 0.234 e. The molecule has 2 rings (SSSR count). The Kier molecular flexibility index (Phi) is 2.01. The van der Waals surface area contributed by atoms with Crippen LogP contribution in [0.5, 0.6) is 0 Å². The second kappa shape index (κ2) is 3.19. The van der Waals surface area contributed by atoms with E-state index >= 15 is 0 Å². The number of Topliss-reactive ketones (excluding diaryl/α,β-unsaturated/α-hetero) is 1. The van der Waals surface area contributed by atoms with Crippen molar-refractivity contribution >= 4 is 11.6 Å². The molecule has 72 valence electrons. The van der Waals surface area contributed by atoms with Crippen LogP contribution < -0.4 is 5.73 Å². The van der Waals surface area contributed by atoms with Crippen molar-refractivity contribution < 1.29 is 4.79 Å². The fraction of sp³-hybridized carbons (Fsp3) is 0.222. The monoisotopic (exact) mass is 190 g/mol. The van der Waals surface area contributed by atoms with Crippen LogP contribution in [0.25, 0.3) is 5.78 Å². The van der Waals surface area contributed by atoms with Crippen LogP contribution >= 0.6 is 0 Å². The van der Waals surface area contributed by atoms with E-state index in [2.05, 4.69) is 9.97 Å². The molecule has 0 amide bonds. The van der Waals surface area contributed by atoms with Crippen LogP contribution in [0.1, 0.15) is 16.2 Å². The van der Waals surface area contributed by atoms with Gasteiger partial charge in [0.25, 0.3) is 0 Å². The van der Waals surface area contributed by atoms with E-state index in [0.717, 1.165) is 0 Å². The number of hydrogen-bond donors (Lipinski definition) is 1. The molecule has 0 aliphatic carbocycles. The molecular formula is C9H10N4O. The molecule has 0 radical (unpaired) electrons. The van der Waals surface area contributed by atoms with E-state index in [1.54, 1.807) is 29.8 Å². The van der Waals surface area contributed by atoms with Gasteiger partial charge in [0, 0.05) is 12.4 Å². The summed E-state index contributed by atoms with van der Waals surface area (Å²) in [7, 11) is 0. The molecule has 2 N–H and O–H groups in total. The molecule has 0 unspecified atom stereocenters. The van der Waals surface area contributed by atoms with Crippen molar-refractivity contribution in [3.63, 3.8) is 0 Å². The quantitative estimate of drug-likeness (QED) is 0.685. The van der Waals surface area contributed by atoms with Crippen molar-refractivity contribution in [3.8, 4) is 0 Å². The van der Waals surface area contributed by atoms with Gasteiger partial charge < -0.3 is 5.73 Å². The zero-order valence-corrected chi connectivity index (χ0v) is 7.77. The highest BCUT2D eigenvalue weighted by Gasteiger charge is 2.14. The van der Waals surface area contributed by atoms with Gasteiger partial charge in [-0.25, -0.2) is 9.97 Å². The first-order valence-electron chi connectivity index (χ1n) is 4.27. The number of hydrogen-bond acceptors (Lipinski definition) is 4. The van der Waals surface area contributed by atoms with E-state index in [1.807, 2.05) is 0 Å². The maximum absolute atomic E-state index is 11.5. The highest BCUT2D eigenvalue weighted by atomic mass is 16.1. The van der Waals surface area contributed by atoms with Crippen molar-refractivity contribution in [2.24, 2.45) is 5.73 Å². The summed E-state index contributed by atoms with van der Waals surface area (Å²) in [5, 5.41) is 0. The Balaban J connectivity index is 2.74. The Hall–Kier alpha value is -1.75. The molecule has 0 saturated carbocycles. The van der Waals surface area contributed by atoms with Crippen molar-refractivity contribution in [1.29, 1.82) is 0 Å². The van der Waals surface area contributed by atoms with Crippen molar-refractivity contribution in [1.82, 2.24) is 14.4 Å². The minimum Gasteiger partial charge on any atom is -0.324 e. The van der Waals surface area contributed by atoms with Gasteiger partial charge in [0.05, 0.1) is 12.2 Å². The standard InChI is InChI=1S/C9H10N4O/c1-6-8(7(14)5-10)13-4-2-3-11-9(13)12-6/h2-4H,5,10H2,1H3. The van der Waals surface area contributed by atoms with Crippen molar-refractivity contribution in [2.45, 2.75) is 6.92 Å². The van der Waals surface area contributed by atoms with Crippen LogP contribution in [-0.2, 0) is 0 Å². The molecule has 0 bridgehead atoms. The average molecular weight is 190 g/mol. The maximum atomic E-state index is 11.5. The van der Waals surface area contributed by atoms with E-state index < -0.39 is 0 Å². The molecule has 0 aliphatic rings. The zero-order valence-electron chi connectivity index (χ0n) is 7.77. The normalized spacial score (nSPS) is 10.7. The van der Waals surface area contributed by atoms with Crippen LogP contribution in [0.2, 0.25) is 0 Å². The lowest BCUT2D eigenvalue weighted by Crippen LogP contribution is -2.16. The number of ketones is 1.